The molecule has 1 saturated carbocycles. The van der Waals surface area contributed by atoms with Crippen LogP contribution in [0.1, 0.15) is 50.8 Å². The van der Waals surface area contributed by atoms with Gasteiger partial charge < -0.3 is 4.57 Å². The molecule has 0 radical (unpaired) electrons. The third-order valence-electron chi connectivity index (χ3n) is 6.00. The molecule has 1 N–H and O–H groups in total. The van der Waals surface area contributed by atoms with Crippen molar-refractivity contribution in [3.05, 3.63) is 59.5 Å². The fraction of sp³-hybridized carbons (Fsp3) is 0.440. The minimum absolute atomic E-state index is 0.0372. The third kappa shape index (κ3) is 5.56. The van der Waals surface area contributed by atoms with Gasteiger partial charge in [-0.15, -0.1) is 0 Å². The van der Waals surface area contributed by atoms with Crippen LogP contribution < -0.4 is 4.72 Å². The van der Waals surface area contributed by atoms with Crippen molar-refractivity contribution in [3.8, 4) is 11.1 Å². The van der Waals surface area contributed by atoms with Crippen LogP contribution in [-0.2, 0) is 22.7 Å². The summed E-state index contributed by atoms with van der Waals surface area (Å²) in [4.78, 5) is 0. The predicted molar refractivity (Wildman–Crippen MR) is 126 cm³/mol. The van der Waals surface area contributed by atoms with Crippen molar-refractivity contribution in [2.24, 2.45) is 5.41 Å². The first kappa shape index (κ1) is 26.5. The zero-order valence-corrected chi connectivity index (χ0v) is 20.7. The van der Waals surface area contributed by atoms with E-state index < -0.39 is 45.3 Å². The monoisotopic (exact) mass is 532 g/mol. The van der Waals surface area contributed by atoms with Crippen LogP contribution in [0.4, 0.5) is 26.3 Å². The molecule has 1 aromatic heterocycles. The van der Waals surface area contributed by atoms with E-state index in [1.165, 1.54) is 24.4 Å². The highest BCUT2D eigenvalue weighted by Gasteiger charge is 2.40. The minimum Gasteiger partial charge on any atom is -0.347 e. The Morgan fingerprint density at radius 1 is 1.06 bits per heavy atom. The second kappa shape index (κ2) is 9.09. The SMILES string of the molecule is CC(C)(C)Cn1cc([C@H](NS(=O)(=O)C2CC2)C(F)F)c2ccc(-c3ccc(F)cc3C(F)(F)F)cc21. The fourth-order valence-electron chi connectivity index (χ4n) is 4.28. The molecule has 4 rings (SSSR count). The molecule has 1 aliphatic rings. The topological polar surface area (TPSA) is 51.1 Å². The van der Waals surface area contributed by atoms with Crippen molar-refractivity contribution in [1.82, 2.24) is 9.29 Å². The van der Waals surface area contributed by atoms with Crippen molar-refractivity contribution < 1.29 is 34.8 Å². The number of aromatic nitrogens is 1. The molecular formula is C25H26F6N2O2S. The number of fused-ring (bicyclic) bond motifs is 1. The minimum atomic E-state index is -4.81. The van der Waals surface area contributed by atoms with Crippen LogP contribution in [0.2, 0.25) is 0 Å². The lowest BCUT2D eigenvalue weighted by molar-refractivity contribution is -0.137. The lowest BCUT2D eigenvalue weighted by Gasteiger charge is -2.20. The number of hydrogen-bond acceptors (Lipinski definition) is 2. The summed E-state index contributed by atoms with van der Waals surface area (Å²) in [6.07, 6.45) is -5.63. The summed E-state index contributed by atoms with van der Waals surface area (Å²) < 4.78 is 112. The third-order valence-corrected chi connectivity index (χ3v) is 7.93. The average Bonchev–Trinajstić information content (AvgIpc) is 3.55. The van der Waals surface area contributed by atoms with E-state index in [1.54, 1.807) is 4.57 Å². The van der Waals surface area contributed by atoms with Crippen LogP contribution in [0.5, 0.6) is 0 Å². The summed E-state index contributed by atoms with van der Waals surface area (Å²) >= 11 is 0. The first-order chi connectivity index (χ1) is 16.6. The van der Waals surface area contributed by atoms with Gasteiger partial charge in [-0.05, 0) is 47.6 Å². The first-order valence-corrected chi connectivity index (χ1v) is 12.9. The zero-order valence-electron chi connectivity index (χ0n) is 19.8. The molecule has 4 nitrogen and oxygen atoms in total. The van der Waals surface area contributed by atoms with Crippen LogP contribution >= 0.6 is 0 Å². The van der Waals surface area contributed by atoms with E-state index in [4.69, 9.17) is 0 Å². The Kier molecular flexibility index (Phi) is 6.70. The second-order valence-corrected chi connectivity index (χ2v) is 12.4. The highest BCUT2D eigenvalue weighted by Crippen LogP contribution is 2.40. The molecule has 11 heteroatoms. The second-order valence-electron chi connectivity index (χ2n) is 10.4. The van der Waals surface area contributed by atoms with Crippen LogP contribution in [0.15, 0.2) is 42.6 Å². The van der Waals surface area contributed by atoms with E-state index in [0.29, 0.717) is 36.4 Å². The van der Waals surface area contributed by atoms with E-state index in [9.17, 15) is 34.8 Å². The molecule has 0 saturated heterocycles. The number of halogens is 6. The van der Waals surface area contributed by atoms with Gasteiger partial charge >= 0.3 is 6.18 Å². The Hall–Kier alpha value is -2.53. The molecule has 0 aliphatic heterocycles. The van der Waals surface area contributed by atoms with Gasteiger partial charge in [-0.25, -0.2) is 26.3 Å². The van der Waals surface area contributed by atoms with E-state index in [0.717, 1.165) is 12.1 Å². The molecule has 2 aromatic carbocycles. The van der Waals surface area contributed by atoms with E-state index >= 15 is 0 Å². The van der Waals surface area contributed by atoms with Gasteiger partial charge in [-0.2, -0.15) is 13.2 Å². The van der Waals surface area contributed by atoms with Gasteiger partial charge in [0.2, 0.25) is 10.0 Å². The summed E-state index contributed by atoms with van der Waals surface area (Å²) in [6, 6.07) is 4.74. The number of nitrogens with one attached hydrogen (secondary N) is 1. The highest BCUT2D eigenvalue weighted by atomic mass is 32.2. The van der Waals surface area contributed by atoms with Gasteiger partial charge in [0.1, 0.15) is 11.9 Å². The molecule has 0 bridgehead atoms. The van der Waals surface area contributed by atoms with Gasteiger partial charge in [0, 0.05) is 29.2 Å². The van der Waals surface area contributed by atoms with Crippen molar-refractivity contribution in [2.75, 3.05) is 0 Å². The molecule has 36 heavy (non-hydrogen) atoms. The smallest absolute Gasteiger partial charge is 0.347 e. The number of alkyl halides is 5. The number of rotatable bonds is 7. The molecule has 1 aliphatic carbocycles. The number of sulfonamides is 1. The van der Waals surface area contributed by atoms with E-state index in [1.807, 2.05) is 20.8 Å². The molecule has 3 aromatic rings. The van der Waals surface area contributed by atoms with Gasteiger partial charge in [0.15, 0.2) is 0 Å². The summed E-state index contributed by atoms with van der Waals surface area (Å²) in [6.45, 7) is 6.05. The zero-order chi connectivity index (χ0) is 26.6. The maximum atomic E-state index is 14.1. The summed E-state index contributed by atoms with van der Waals surface area (Å²) in [5.74, 6) is -1.03. The number of nitrogens with zero attached hydrogens (tertiary/aromatic N) is 1. The van der Waals surface area contributed by atoms with E-state index in [2.05, 4.69) is 4.72 Å². The Labute approximate surface area is 205 Å². The standard InChI is InChI=1S/C25H26F6N2O2S/c1-24(2,3)13-33-12-19(22(23(27)28)32-36(34,35)16-6-7-16)18-8-4-14(10-21(18)33)17-9-5-15(26)11-20(17)25(29,30)31/h4-5,8-12,16,22-23,32H,6-7,13H2,1-3H3/t22-/m0/s1. The van der Waals surface area contributed by atoms with Crippen LogP contribution in [0.3, 0.4) is 0 Å². The van der Waals surface area contributed by atoms with Crippen molar-refractivity contribution in [2.45, 2.75) is 64.1 Å². The van der Waals surface area contributed by atoms with Gasteiger partial charge in [-0.1, -0.05) is 39.0 Å². The van der Waals surface area contributed by atoms with Crippen molar-refractivity contribution in [1.29, 1.82) is 0 Å². The predicted octanol–water partition coefficient (Wildman–Crippen LogP) is 6.90. The lowest BCUT2D eigenvalue weighted by Crippen LogP contribution is -2.35. The Morgan fingerprint density at radius 2 is 1.72 bits per heavy atom. The fourth-order valence-corrected chi connectivity index (χ4v) is 5.82. The molecule has 0 spiro atoms. The van der Waals surface area contributed by atoms with E-state index in [-0.39, 0.29) is 22.1 Å². The van der Waals surface area contributed by atoms with Crippen molar-refractivity contribution >= 4 is 20.9 Å². The molecule has 0 unspecified atom stereocenters. The van der Waals surface area contributed by atoms with Crippen LogP contribution in [-0.4, -0.2) is 24.7 Å². The highest BCUT2D eigenvalue weighted by molar-refractivity contribution is 7.90. The Bertz CT molecular complexity index is 1390. The normalized spacial score (nSPS) is 16.2. The lowest BCUT2D eigenvalue weighted by atomic mass is 9.96. The first-order valence-electron chi connectivity index (χ1n) is 11.4. The number of hydrogen-bond donors (Lipinski definition) is 1. The largest absolute Gasteiger partial charge is 0.417 e. The van der Waals surface area contributed by atoms with Crippen LogP contribution in [0, 0.1) is 11.2 Å². The molecule has 196 valence electrons. The summed E-state index contributed by atoms with van der Waals surface area (Å²) in [7, 11) is -3.95. The molecular weight excluding hydrogens is 506 g/mol. The summed E-state index contributed by atoms with van der Waals surface area (Å²) in [5, 5.41) is -0.407. The molecule has 1 atom stereocenters. The summed E-state index contributed by atoms with van der Waals surface area (Å²) in [5.41, 5.74) is -1.21. The van der Waals surface area contributed by atoms with Crippen LogP contribution in [0.25, 0.3) is 22.0 Å². The quantitative estimate of drug-likeness (QED) is 0.337. The maximum absolute atomic E-state index is 14.1. The molecule has 0 amide bonds. The van der Waals surface area contributed by atoms with Gasteiger partial charge in [0.25, 0.3) is 6.43 Å². The van der Waals surface area contributed by atoms with Gasteiger partial charge in [-0.3, -0.25) is 0 Å². The average molecular weight is 533 g/mol. The van der Waals surface area contributed by atoms with Crippen molar-refractivity contribution in [3.63, 3.8) is 0 Å². The maximum Gasteiger partial charge on any atom is 0.417 e. The number of benzene rings is 2. The van der Waals surface area contributed by atoms with Gasteiger partial charge in [0.05, 0.1) is 10.8 Å². The molecule has 1 heterocycles. The Morgan fingerprint density at radius 3 is 2.28 bits per heavy atom. The molecule has 1 fully saturated rings. The Balaban J connectivity index is 1.89.